The first-order valence-electron chi connectivity index (χ1n) is 7.27. The molecular weight excluding hydrogens is 252 g/mol. The first-order valence-corrected chi connectivity index (χ1v) is 7.27. The number of nitrogens with two attached hydrogens (primary N) is 1. The van der Waals surface area contributed by atoms with Crippen LogP contribution < -0.4 is 10.5 Å². The molecule has 1 heterocycles. The summed E-state index contributed by atoms with van der Waals surface area (Å²) < 4.78 is 10.9. The van der Waals surface area contributed by atoms with Crippen LogP contribution in [0.4, 0.5) is 0 Å². The van der Waals surface area contributed by atoms with Gasteiger partial charge in [-0.05, 0) is 37.6 Å². The van der Waals surface area contributed by atoms with Gasteiger partial charge in [0.05, 0.1) is 13.7 Å². The summed E-state index contributed by atoms with van der Waals surface area (Å²) >= 11 is 0. The summed E-state index contributed by atoms with van der Waals surface area (Å²) in [6.07, 6.45) is 2.27. The first-order chi connectivity index (χ1) is 9.67. The molecule has 1 aromatic rings. The van der Waals surface area contributed by atoms with Gasteiger partial charge >= 0.3 is 0 Å². The van der Waals surface area contributed by atoms with Crippen LogP contribution in [0.5, 0.6) is 5.75 Å². The standard InChI is InChI=1S/C16H26N2O2/c1-18(10-14-5-3-6-15(9-14)19-2)12-16(11-17)7-4-8-20-13-16/h3,5-6,9H,4,7-8,10-13,17H2,1-2H3. The quantitative estimate of drug-likeness (QED) is 0.863. The molecule has 1 saturated heterocycles. The highest BCUT2D eigenvalue weighted by Crippen LogP contribution is 2.28. The lowest BCUT2D eigenvalue weighted by Gasteiger charge is -2.39. The molecule has 0 radical (unpaired) electrons. The predicted molar refractivity (Wildman–Crippen MR) is 80.9 cm³/mol. The van der Waals surface area contributed by atoms with Crippen molar-refractivity contribution in [1.29, 1.82) is 0 Å². The van der Waals surface area contributed by atoms with Crippen molar-refractivity contribution in [2.75, 3.05) is 40.5 Å². The summed E-state index contributed by atoms with van der Waals surface area (Å²) in [4.78, 5) is 2.33. The predicted octanol–water partition coefficient (Wildman–Crippen LogP) is 1.88. The largest absolute Gasteiger partial charge is 0.497 e. The Balaban J connectivity index is 1.95. The van der Waals surface area contributed by atoms with Gasteiger partial charge in [-0.15, -0.1) is 0 Å². The normalized spacial score (nSPS) is 23.0. The molecule has 1 aliphatic heterocycles. The molecule has 1 aliphatic rings. The summed E-state index contributed by atoms with van der Waals surface area (Å²) in [6, 6.07) is 8.22. The van der Waals surface area contributed by atoms with Crippen LogP contribution in [0.25, 0.3) is 0 Å². The average Bonchev–Trinajstić information content (AvgIpc) is 2.48. The Labute approximate surface area is 121 Å². The number of ether oxygens (including phenoxy) is 2. The average molecular weight is 278 g/mol. The summed E-state index contributed by atoms with van der Waals surface area (Å²) in [6.45, 7) is 4.22. The third kappa shape index (κ3) is 3.95. The molecule has 4 heteroatoms. The summed E-state index contributed by atoms with van der Waals surface area (Å²) in [5, 5.41) is 0. The molecule has 0 aromatic heterocycles. The maximum Gasteiger partial charge on any atom is 0.119 e. The zero-order valence-corrected chi connectivity index (χ0v) is 12.6. The smallest absolute Gasteiger partial charge is 0.119 e. The van der Waals surface area contributed by atoms with Crippen molar-refractivity contribution in [3.63, 3.8) is 0 Å². The lowest BCUT2D eigenvalue weighted by Crippen LogP contribution is -2.46. The second kappa shape index (κ2) is 7.07. The molecule has 20 heavy (non-hydrogen) atoms. The maximum absolute atomic E-state index is 6.00. The third-order valence-electron chi connectivity index (χ3n) is 4.03. The Morgan fingerprint density at radius 1 is 1.45 bits per heavy atom. The molecule has 1 fully saturated rings. The van der Waals surface area contributed by atoms with Gasteiger partial charge in [0.1, 0.15) is 5.75 Å². The van der Waals surface area contributed by atoms with Crippen molar-refractivity contribution in [2.24, 2.45) is 11.1 Å². The number of rotatable bonds is 6. The molecule has 1 atom stereocenters. The lowest BCUT2D eigenvalue weighted by atomic mass is 9.82. The molecule has 1 aromatic carbocycles. The van der Waals surface area contributed by atoms with Gasteiger partial charge < -0.3 is 20.1 Å². The van der Waals surface area contributed by atoms with Crippen LogP contribution >= 0.6 is 0 Å². The Kier molecular flexibility index (Phi) is 5.40. The Morgan fingerprint density at radius 2 is 2.30 bits per heavy atom. The first kappa shape index (κ1) is 15.3. The Morgan fingerprint density at radius 3 is 2.95 bits per heavy atom. The van der Waals surface area contributed by atoms with Crippen molar-refractivity contribution in [3.05, 3.63) is 29.8 Å². The van der Waals surface area contributed by atoms with Crippen LogP contribution in [0.15, 0.2) is 24.3 Å². The molecule has 0 spiro atoms. The Hall–Kier alpha value is -1.10. The fourth-order valence-electron chi connectivity index (χ4n) is 2.97. The molecule has 0 saturated carbocycles. The molecule has 4 nitrogen and oxygen atoms in total. The van der Waals surface area contributed by atoms with E-state index in [-0.39, 0.29) is 5.41 Å². The van der Waals surface area contributed by atoms with Gasteiger partial charge in [-0.2, -0.15) is 0 Å². The van der Waals surface area contributed by atoms with Gasteiger partial charge in [0.15, 0.2) is 0 Å². The summed E-state index contributed by atoms with van der Waals surface area (Å²) in [7, 11) is 3.84. The van der Waals surface area contributed by atoms with Gasteiger partial charge in [0.25, 0.3) is 0 Å². The molecule has 0 bridgehead atoms. The highest BCUT2D eigenvalue weighted by Gasteiger charge is 2.32. The van der Waals surface area contributed by atoms with Crippen molar-refractivity contribution < 1.29 is 9.47 Å². The monoisotopic (exact) mass is 278 g/mol. The van der Waals surface area contributed by atoms with E-state index in [2.05, 4.69) is 24.1 Å². The fourth-order valence-corrected chi connectivity index (χ4v) is 2.97. The van der Waals surface area contributed by atoms with E-state index in [0.717, 1.165) is 44.9 Å². The van der Waals surface area contributed by atoms with E-state index in [9.17, 15) is 0 Å². The van der Waals surface area contributed by atoms with E-state index in [1.165, 1.54) is 5.56 Å². The van der Waals surface area contributed by atoms with Gasteiger partial charge in [-0.3, -0.25) is 0 Å². The van der Waals surface area contributed by atoms with Crippen LogP contribution in [-0.4, -0.2) is 45.4 Å². The highest BCUT2D eigenvalue weighted by molar-refractivity contribution is 5.28. The molecule has 2 rings (SSSR count). The molecule has 2 N–H and O–H groups in total. The van der Waals surface area contributed by atoms with Crippen LogP contribution in [0.3, 0.4) is 0 Å². The van der Waals surface area contributed by atoms with Crippen LogP contribution in [0.2, 0.25) is 0 Å². The highest BCUT2D eigenvalue weighted by atomic mass is 16.5. The molecule has 0 aliphatic carbocycles. The van der Waals surface area contributed by atoms with E-state index < -0.39 is 0 Å². The molecule has 1 unspecified atom stereocenters. The molecule has 112 valence electrons. The zero-order chi connectivity index (χ0) is 14.4. The van der Waals surface area contributed by atoms with Crippen LogP contribution in [-0.2, 0) is 11.3 Å². The maximum atomic E-state index is 6.00. The zero-order valence-electron chi connectivity index (χ0n) is 12.6. The van der Waals surface area contributed by atoms with Gasteiger partial charge in [-0.1, -0.05) is 12.1 Å². The van der Waals surface area contributed by atoms with E-state index in [4.69, 9.17) is 15.2 Å². The van der Waals surface area contributed by atoms with Crippen molar-refractivity contribution in [3.8, 4) is 5.75 Å². The SMILES string of the molecule is COc1cccc(CN(C)CC2(CN)CCCOC2)c1. The minimum absolute atomic E-state index is 0.117. The fraction of sp³-hybridized carbons (Fsp3) is 0.625. The topological polar surface area (TPSA) is 47.7 Å². The summed E-state index contributed by atoms with van der Waals surface area (Å²) in [5.41, 5.74) is 7.38. The van der Waals surface area contributed by atoms with E-state index >= 15 is 0 Å². The van der Waals surface area contributed by atoms with Gasteiger partial charge in [0.2, 0.25) is 0 Å². The number of hydrogen-bond donors (Lipinski definition) is 1. The molecule has 0 amide bonds. The third-order valence-corrected chi connectivity index (χ3v) is 4.03. The van der Waals surface area contributed by atoms with Gasteiger partial charge in [-0.25, -0.2) is 0 Å². The second-order valence-electron chi connectivity index (χ2n) is 5.88. The van der Waals surface area contributed by atoms with E-state index in [1.807, 2.05) is 12.1 Å². The number of nitrogens with zero attached hydrogens (tertiary/aromatic N) is 1. The lowest BCUT2D eigenvalue weighted by molar-refractivity contribution is -0.0192. The number of benzene rings is 1. The molecular formula is C16H26N2O2. The minimum atomic E-state index is 0.117. The van der Waals surface area contributed by atoms with Crippen molar-refractivity contribution in [1.82, 2.24) is 4.90 Å². The number of hydrogen-bond acceptors (Lipinski definition) is 4. The van der Waals surface area contributed by atoms with Crippen LogP contribution in [0.1, 0.15) is 18.4 Å². The van der Waals surface area contributed by atoms with E-state index in [1.54, 1.807) is 7.11 Å². The van der Waals surface area contributed by atoms with Crippen molar-refractivity contribution in [2.45, 2.75) is 19.4 Å². The van der Waals surface area contributed by atoms with E-state index in [0.29, 0.717) is 6.54 Å². The number of methoxy groups -OCH3 is 1. The second-order valence-corrected chi connectivity index (χ2v) is 5.88. The summed E-state index contributed by atoms with van der Waals surface area (Å²) in [5.74, 6) is 0.908. The van der Waals surface area contributed by atoms with Crippen molar-refractivity contribution >= 4 is 0 Å². The van der Waals surface area contributed by atoms with Crippen LogP contribution in [0, 0.1) is 5.41 Å². The van der Waals surface area contributed by atoms with Gasteiger partial charge in [0, 0.05) is 31.7 Å². The minimum Gasteiger partial charge on any atom is -0.497 e. The Bertz CT molecular complexity index is 417.